The number of ketones is 1. The first-order valence-electron chi connectivity index (χ1n) is 6.01. The highest BCUT2D eigenvalue weighted by Crippen LogP contribution is 2.44. The molecule has 0 aromatic rings. The van der Waals surface area contributed by atoms with Crippen molar-refractivity contribution in [3.05, 3.63) is 0 Å². The Morgan fingerprint density at radius 3 is 2.44 bits per heavy atom. The van der Waals surface area contributed by atoms with Crippen LogP contribution in [0.2, 0.25) is 0 Å². The van der Waals surface area contributed by atoms with Gasteiger partial charge in [0.1, 0.15) is 5.78 Å². The van der Waals surface area contributed by atoms with Gasteiger partial charge in [0, 0.05) is 6.42 Å². The molecule has 1 saturated carbocycles. The minimum absolute atomic E-state index is 0.0161. The van der Waals surface area contributed by atoms with Gasteiger partial charge >= 0.3 is 0 Å². The van der Waals surface area contributed by atoms with E-state index in [4.69, 9.17) is 11.6 Å². The van der Waals surface area contributed by atoms with E-state index in [-0.39, 0.29) is 23.0 Å². The Bertz CT molecular complexity index is 270. The Morgan fingerprint density at radius 1 is 1.50 bits per heavy atom. The van der Waals surface area contributed by atoms with E-state index in [0.29, 0.717) is 12.3 Å². The molecule has 0 aromatic heterocycles. The largest absolute Gasteiger partial charge is 0.388 e. The first-order valence-corrected chi connectivity index (χ1v) is 6.45. The summed E-state index contributed by atoms with van der Waals surface area (Å²) in [6.07, 6.45) is 2.59. The molecule has 1 aliphatic carbocycles. The highest BCUT2D eigenvalue weighted by atomic mass is 35.5. The van der Waals surface area contributed by atoms with Crippen LogP contribution in [0.5, 0.6) is 0 Å². The summed E-state index contributed by atoms with van der Waals surface area (Å²) in [6.45, 7) is 8.13. The predicted octanol–water partition coefficient (Wildman–Crippen LogP) is 3.15. The maximum Gasteiger partial charge on any atom is 0.132 e. The zero-order valence-corrected chi connectivity index (χ0v) is 11.5. The molecule has 0 saturated heterocycles. The Labute approximate surface area is 103 Å². The molecule has 0 unspecified atom stereocenters. The average molecular weight is 247 g/mol. The van der Waals surface area contributed by atoms with E-state index < -0.39 is 5.60 Å². The van der Waals surface area contributed by atoms with E-state index in [9.17, 15) is 9.90 Å². The molecule has 0 bridgehead atoms. The van der Waals surface area contributed by atoms with Crippen molar-refractivity contribution in [1.29, 1.82) is 0 Å². The molecule has 0 aromatic carbocycles. The number of alkyl halides is 1. The number of hydrogen-bond donors (Lipinski definition) is 1. The van der Waals surface area contributed by atoms with Gasteiger partial charge in [0.25, 0.3) is 0 Å². The predicted molar refractivity (Wildman–Crippen MR) is 66.7 cm³/mol. The molecule has 2 nitrogen and oxygen atoms in total. The number of carbonyl (C=O) groups is 1. The van der Waals surface area contributed by atoms with Crippen molar-refractivity contribution in [3.63, 3.8) is 0 Å². The lowest BCUT2D eigenvalue weighted by Gasteiger charge is -2.44. The molecule has 0 radical (unpaired) electrons. The van der Waals surface area contributed by atoms with E-state index in [1.165, 1.54) is 6.92 Å². The third-order valence-corrected chi connectivity index (χ3v) is 4.36. The Morgan fingerprint density at radius 2 is 2.06 bits per heavy atom. The molecule has 3 atom stereocenters. The minimum atomic E-state index is -0.977. The summed E-state index contributed by atoms with van der Waals surface area (Å²) in [5, 5.41) is 10.0. The summed E-state index contributed by atoms with van der Waals surface area (Å²) in [7, 11) is 0. The molecular formula is C13H23ClO2. The highest BCUT2D eigenvalue weighted by molar-refractivity contribution is 6.21. The van der Waals surface area contributed by atoms with Crippen molar-refractivity contribution in [3.8, 4) is 0 Å². The van der Waals surface area contributed by atoms with Crippen LogP contribution in [0.15, 0.2) is 0 Å². The second-order valence-corrected chi connectivity index (χ2v) is 6.81. The van der Waals surface area contributed by atoms with Crippen LogP contribution in [-0.2, 0) is 4.79 Å². The lowest BCUT2D eigenvalue weighted by molar-refractivity contribution is -0.123. The zero-order valence-electron chi connectivity index (χ0n) is 10.7. The van der Waals surface area contributed by atoms with Gasteiger partial charge in [-0.1, -0.05) is 20.8 Å². The highest BCUT2D eigenvalue weighted by Gasteiger charge is 2.44. The van der Waals surface area contributed by atoms with Crippen LogP contribution < -0.4 is 0 Å². The number of halogens is 1. The van der Waals surface area contributed by atoms with Crippen LogP contribution in [0.1, 0.15) is 53.4 Å². The fraction of sp³-hybridized carbons (Fsp3) is 0.923. The quantitative estimate of drug-likeness (QED) is 0.760. The van der Waals surface area contributed by atoms with Gasteiger partial charge in [0.05, 0.1) is 11.0 Å². The van der Waals surface area contributed by atoms with Crippen molar-refractivity contribution in [2.24, 2.45) is 11.3 Å². The van der Waals surface area contributed by atoms with E-state index in [0.717, 1.165) is 12.8 Å². The molecule has 94 valence electrons. The van der Waals surface area contributed by atoms with Gasteiger partial charge in [-0.2, -0.15) is 0 Å². The van der Waals surface area contributed by atoms with Gasteiger partial charge in [-0.25, -0.2) is 0 Å². The Balaban J connectivity index is 2.68. The number of carbonyl (C=O) groups excluding carboxylic acids is 1. The number of rotatable bonds is 2. The van der Waals surface area contributed by atoms with Gasteiger partial charge < -0.3 is 5.11 Å². The van der Waals surface area contributed by atoms with Crippen LogP contribution >= 0.6 is 11.6 Å². The molecule has 0 amide bonds. The Kier molecular flexibility index (Phi) is 4.07. The average Bonchev–Trinajstić information content (AvgIpc) is 2.06. The standard InChI is InChI=1S/C13H23ClO2/c1-9(15)8-13(16)6-5-10(7-11(13)14)12(2,3)4/h10-11,16H,5-8H2,1-4H3/t10-,11+,13+/m0/s1. The third-order valence-electron chi connectivity index (χ3n) is 3.78. The van der Waals surface area contributed by atoms with Crippen molar-refractivity contribution in [2.45, 2.75) is 64.4 Å². The van der Waals surface area contributed by atoms with E-state index in [2.05, 4.69) is 20.8 Å². The fourth-order valence-corrected chi connectivity index (χ4v) is 2.99. The summed E-state index contributed by atoms with van der Waals surface area (Å²) in [5.41, 5.74) is -0.750. The summed E-state index contributed by atoms with van der Waals surface area (Å²) in [4.78, 5) is 11.1. The molecule has 0 heterocycles. The van der Waals surface area contributed by atoms with E-state index in [1.54, 1.807) is 0 Å². The van der Waals surface area contributed by atoms with Crippen LogP contribution in [0.25, 0.3) is 0 Å². The first kappa shape index (κ1) is 14.0. The van der Waals surface area contributed by atoms with E-state index in [1.807, 2.05) is 0 Å². The molecule has 1 rings (SSSR count). The molecule has 3 heteroatoms. The molecule has 1 fully saturated rings. The second-order valence-electron chi connectivity index (χ2n) is 6.29. The summed E-state index contributed by atoms with van der Waals surface area (Å²) in [5.74, 6) is 0.546. The maximum absolute atomic E-state index is 11.1. The smallest absolute Gasteiger partial charge is 0.132 e. The molecule has 0 spiro atoms. The summed E-state index contributed by atoms with van der Waals surface area (Å²) < 4.78 is 0. The fourth-order valence-electron chi connectivity index (χ4n) is 2.58. The zero-order chi connectivity index (χ0) is 12.6. The normalized spacial score (nSPS) is 36.1. The van der Waals surface area contributed by atoms with Gasteiger partial charge in [-0.15, -0.1) is 11.6 Å². The number of hydrogen-bond acceptors (Lipinski definition) is 2. The third kappa shape index (κ3) is 3.21. The monoisotopic (exact) mass is 246 g/mol. The SMILES string of the molecule is CC(=O)C[C@]1(O)CC[C@H](C(C)(C)C)C[C@H]1Cl. The summed E-state index contributed by atoms with van der Waals surface area (Å²) in [6, 6.07) is 0. The number of aliphatic hydroxyl groups is 1. The van der Waals surface area contributed by atoms with Gasteiger partial charge in [0.2, 0.25) is 0 Å². The molecule has 1 aliphatic rings. The summed E-state index contributed by atoms with van der Waals surface area (Å²) >= 11 is 6.27. The van der Waals surface area contributed by atoms with Crippen LogP contribution in [-0.4, -0.2) is 21.9 Å². The van der Waals surface area contributed by atoms with Crippen molar-refractivity contribution >= 4 is 17.4 Å². The molecule has 1 N–H and O–H groups in total. The number of Topliss-reactive ketones (excluding diaryl/α,β-unsaturated/α-hetero) is 1. The van der Waals surface area contributed by atoms with Crippen molar-refractivity contribution < 1.29 is 9.90 Å². The lowest BCUT2D eigenvalue weighted by atomic mass is 9.67. The van der Waals surface area contributed by atoms with E-state index >= 15 is 0 Å². The topological polar surface area (TPSA) is 37.3 Å². The van der Waals surface area contributed by atoms with Crippen LogP contribution in [0.4, 0.5) is 0 Å². The van der Waals surface area contributed by atoms with Gasteiger partial charge in [0.15, 0.2) is 0 Å². The molecule has 16 heavy (non-hydrogen) atoms. The first-order chi connectivity index (χ1) is 7.15. The minimum Gasteiger partial charge on any atom is -0.388 e. The van der Waals surface area contributed by atoms with Gasteiger partial charge in [-0.05, 0) is 37.5 Å². The Hall–Kier alpha value is -0.0800. The maximum atomic E-state index is 11.1. The molecular weight excluding hydrogens is 224 g/mol. The van der Waals surface area contributed by atoms with Crippen LogP contribution in [0.3, 0.4) is 0 Å². The van der Waals surface area contributed by atoms with Crippen molar-refractivity contribution in [1.82, 2.24) is 0 Å². The van der Waals surface area contributed by atoms with Gasteiger partial charge in [-0.3, -0.25) is 4.79 Å². The van der Waals surface area contributed by atoms with Crippen LogP contribution in [0, 0.1) is 11.3 Å². The van der Waals surface area contributed by atoms with Crippen molar-refractivity contribution in [2.75, 3.05) is 0 Å². The second kappa shape index (κ2) is 4.66. The molecule has 0 aliphatic heterocycles. The lowest BCUT2D eigenvalue weighted by Crippen LogP contribution is -2.47.